The Morgan fingerprint density at radius 1 is 0.906 bits per heavy atom. The van der Waals surface area contributed by atoms with Crippen molar-refractivity contribution in [1.29, 1.82) is 0 Å². The molecule has 4 aliphatic carbocycles. The number of anilines is 1. The maximum Gasteiger partial charge on any atom is 0.171 e. The van der Waals surface area contributed by atoms with Gasteiger partial charge in [-0.15, -0.1) is 0 Å². The number of aromatic nitrogens is 1. The quantitative estimate of drug-likeness (QED) is 0.485. The highest BCUT2D eigenvalue weighted by atomic mass is 32.2. The number of pyridine rings is 1. The van der Waals surface area contributed by atoms with Crippen LogP contribution in [0.3, 0.4) is 0 Å². The minimum absolute atomic E-state index is 0.178. The molecule has 0 saturated heterocycles. The maximum absolute atomic E-state index is 10.4. The van der Waals surface area contributed by atoms with Crippen LogP contribution >= 0.6 is 0 Å². The topological polar surface area (TPSA) is 64.3 Å². The normalized spacial score (nSPS) is 28.2. The van der Waals surface area contributed by atoms with E-state index in [1.54, 1.807) is 12.1 Å². The van der Waals surface area contributed by atoms with Gasteiger partial charge in [0.2, 0.25) is 0 Å². The summed E-state index contributed by atoms with van der Waals surface area (Å²) in [4.78, 5) is 2.26. The molecule has 2 aromatic rings. The second-order valence-corrected chi connectivity index (χ2v) is 11.4. The van der Waals surface area contributed by atoms with E-state index in [1.165, 1.54) is 56.3 Å². The van der Waals surface area contributed by atoms with E-state index in [0.717, 1.165) is 36.4 Å². The van der Waals surface area contributed by atoms with E-state index in [9.17, 15) is 13.0 Å². The molecule has 4 saturated carbocycles. The van der Waals surface area contributed by atoms with Gasteiger partial charge in [-0.3, -0.25) is 0 Å². The van der Waals surface area contributed by atoms with E-state index in [4.69, 9.17) is 0 Å². The number of aryl methyl sites for hydroxylation is 1. The zero-order valence-electron chi connectivity index (χ0n) is 19.5. The Hall–Kier alpha value is -1.92. The zero-order valence-corrected chi connectivity index (χ0v) is 20.4. The lowest BCUT2D eigenvalue weighted by Gasteiger charge is -2.53. The third-order valence-electron chi connectivity index (χ3n) is 7.80. The summed E-state index contributed by atoms with van der Waals surface area (Å²) in [6.45, 7) is 8.49. The van der Waals surface area contributed by atoms with Crippen LogP contribution in [0.2, 0.25) is 0 Å². The van der Waals surface area contributed by atoms with Gasteiger partial charge < -0.3 is 9.45 Å². The third kappa shape index (κ3) is 4.86. The number of nitrogens with zero attached hydrogens (tertiary/aromatic N) is 2. The van der Waals surface area contributed by atoms with Crippen molar-refractivity contribution in [3.63, 3.8) is 0 Å². The second-order valence-electron chi connectivity index (χ2n) is 10.0. The van der Waals surface area contributed by atoms with Gasteiger partial charge in [0.25, 0.3) is 0 Å². The monoisotopic (exact) mass is 456 g/mol. The lowest BCUT2D eigenvalue weighted by molar-refractivity contribution is -0.776. The van der Waals surface area contributed by atoms with E-state index >= 15 is 0 Å². The molecule has 1 heterocycles. The highest BCUT2D eigenvalue weighted by Gasteiger charge is 2.56. The minimum atomic E-state index is -4.27. The molecule has 6 rings (SSSR count). The average molecular weight is 457 g/mol. The van der Waals surface area contributed by atoms with Crippen LogP contribution in [0.5, 0.6) is 0 Å². The standard InChI is InChI=1S/C19H29N2.C7H8O3S/c1-3-20(4-2)18-5-7-21(8-6-18)19-12-15-9-16(13-19)11-17(10-15)14-19;1-6-2-4-7(5-3-6)11(8,9)10/h5-8,15-17H,3-4,9-14H2,1-2H3;2-5H,1H3,(H,8,9,10)/q+1;/p-1. The van der Waals surface area contributed by atoms with Crippen molar-refractivity contribution < 1.29 is 17.5 Å². The van der Waals surface area contributed by atoms with Crippen molar-refractivity contribution in [1.82, 2.24) is 0 Å². The van der Waals surface area contributed by atoms with E-state index in [1.807, 2.05) is 6.92 Å². The van der Waals surface area contributed by atoms with Gasteiger partial charge >= 0.3 is 0 Å². The van der Waals surface area contributed by atoms with E-state index in [2.05, 4.69) is 47.8 Å². The maximum atomic E-state index is 10.4. The van der Waals surface area contributed by atoms with Gasteiger partial charge in [-0.25, -0.2) is 8.42 Å². The van der Waals surface area contributed by atoms with E-state index < -0.39 is 10.1 Å². The van der Waals surface area contributed by atoms with Crippen LogP contribution in [0, 0.1) is 24.7 Å². The van der Waals surface area contributed by atoms with Gasteiger partial charge in [0.1, 0.15) is 10.1 Å². The summed E-state index contributed by atoms with van der Waals surface area (Å²) in [5.74, 6) is 3.06. The number of benzene rings is 1. The Kier molecular flexibility index (Phi) is 6.64. The first-order chi connectivity index (χ1) is 15.2. The fraction of sp³-hybridized carbons (Fsp3) is 0.577. The van der Waals surface area contributed by atoms with Crippen LogP contribution in [0.1, 0.15) is 57.9 Å². The molecule has 4 aliphatic rings. The molecule has 0 unspecified atom stereocenters. The molecule has 4 bridgehead atoms. The van der Waals surface area contributed by atoms with Crippen molar-refractivity contribution in [3.05, 3.63) is 54.4 Å². The summed E-state index contributed by atoms with van der Waals surface area (Å²) < 4.78 is 33.8. The van der Waals surface area contributed by atoms with Gasteiger partial charge in [0.15, 0.2) is 17.9 Å². The zero-order chi connectivity index (χ0) is 22.9. The summed E-state index contributed by atoms with van der Waals surface area (Å²) in [6.07, 6.45) is 13.6. The lowest BCUT2D eigenvalue weighted by Crippen LogP contribution is -2.64. The Labute approximate surface area is 193 Å². The molecule has 0 spiro atoms. The predicted octanol–water partition coefficient (Wildman–Crippen LogP) is 4.64. The molecule has 0 atom stereocenters. The fourth-order valence-electron chi connectivity index (χ4n) is 6.62. The second kappa shape index (κ2) is 9.14. The molecule has 0 aliphatic heterocycles. The van der Waals surface area contributed by atoms with Gasteiger partial charge in [-0.1, -0.05) is 17.7 Å². The first-order valence-electron chi connectivity index (χ1n) is 12.0. The van der Waals surface area contributed by atoms with Crippen LogP contribution < -0.4 is 9.47 Å². The SMILES string of the molecule is CCN(CC)c1cc[n+](C23CC4CC(CC(C4)C2)C3)cc1.Cc1ccc(S(=O)(=O)[O-])cc1. The van der Waals surface area contributed by atoms with Crippen molar-refractivity contribution in [2.45, 2.75) is 69.7 Å². The van der Waals surface area contributed by atoms with Crippen LogP contribution in [0.4, 0.5) is 5.69 Å². The average Bonchev–Trinajstić information content (AvgIpc) is 2.74. The van der Waals surface area contributed by atoms with Crippen LogP contribution in [-0.4, -0.2) is 26.1 Å². The largest absolute Gasteiger partial charge is 0.744 e. The predicted molar refractivity (Wildman–Crippen MR) is 125 cm³/mol. The Morgan fingerprint density at radius 2 is 1.38 bits per heavy atom. The van der Waals surface area contributed by atoms with Crippen molar-refractivity contribution in [2.24, 2.45) is 17.8 Å². The van der Waals surface area contributed by atoms with Crippen LogP contribution in [-0.2, 0) is 15.7 Å². The summed E-state index contributed by atoms with van der Waals surface area (Å²) in [7, 11) is -4.27. The van der Waals surface area contributed by atoms with Crippen LogP contribution in [0.25, 0.3) is 0 Å². The Bertz CT molecular complexity index is 977. The van der Waals surface area contributed by atoms with Crippen molar-refractivity contribution in [2.75, 3.05) is 18.0 Å². The summed E-state index contributed by atoms with van der Waals surface area (Å²) >= 11 is 0. The molecular weight excluding hydrogens is 420 g/mol. The lowest BCUT2D eigenvalue weighted by atomic mass is 9.53. The first kappa shape index (κ1) is 23.2. The Morgan fingerprint density at radius 3 is 1.78 bits per heavy atom. The molecule has 32 heavy (non-hydrogen) atoms. The third-order valence-corrected chi connectivity index (χ3v) is 8.65. The molecular formula is C26H36N2O3S. The molecule has 174 valence electrons. The van der Waals surface area contributed by atoms with Gasteiger partial charge in [-0.05, 0) is 69.9 Å². The molecule has 4 fully saturated rings. The summed E-state index contributed by atoms with van der Waals surface area (Å²) in [5, 5.41) is 0. The Balaban J connectivity index is 0.000000189. The summed E-state index contributed by atoms with van der Waals surface area (Å²) in [6, 6.07) is 10.5. The highest BCUT2D eigenvalue weighted by molar-refractivity contribution is 7.85. The molecule has 0 N–H and O–H groups in total. The summed E-state index contributed by atoms with van der Waals surface area (Å²) in [5.41, 5.74) is 2.77. The van der Waals surface area contributed by atoms with E-state index in [-0.39, 0.29) is 4.90 Å². The fourth-order valence-corrected chi connectivity index (χ4v) is 7.09. The number of rotatable bonds is 5. The molecule has 1 aromatic carbocycles. The van der Waals surface area contributed by atoms with Crippen LogP contribution in [0.15, 0.2) is 53.7 Å². The molecule has 6 heteroatoms. The smallest absolute Gasteiger partial charge is 0.171 e. The molecule has 0 amide bonds. The molecule has 1 aromatic heterocycles. The van der Waals surface area contributed by atoms with Gasteiger partial charge in [0.05, 0.1) is 4.90 Å². The number of hydrogen-bond acceptors (Lipinski definition) is 4. The molecule has 0 radical (unpaired) electrons. The van der Waals surface area contributed by atoms with Gasteiger partial charge in [-0.2, -0.15) is 4.57 Å². The van der Waals surface area contributed by atoms with Gasteiger partial charge in [0, 0.05) is 50.2 Å². The van der Waals surface area contributed by atoms with Crippen molar-refractivity contribution >= 4 is 15.8 Å². The van der Waals surface area contributed by atoms with Crippen molar-refractivity contribution in [3.8, 4) is 0 Å². The minimum Gasteiger partial charge on any atom is -0.744 e. The van der Waals surface area contributed by atoms with E-state index in [0.29, 0.717) is 5.54 Å². The number of hydrogen-bond donors (Lipinski definition) is 0. The first-order valence-corrected chi connectivity index (χ1v) is 13.4. The highest BCUT2D eigenvalue weighted by Crippen LogP contribution is 2.56. The molecule has 5 nitrogen and oxygen atoms in total.